The van der Waals surface area contributed by atoms with E-state index in [2.05, 4.69) is 31.9 Å². The molecule has 1 atom stereocenters. The fraction of sp³-hybridized carbons (Fsp3) is 0.167. The normalized spacial score (nSPS) is 12.7. The minimum atomic E-state index is -0.721. The van der Waals surface area contributed by atoms with Gasteiger partial charge in [-0.3, -0.25) is 0 Å². The zero-order chi connectivity index (χ0) is 13.3. The quantitative estimate of drug-likeness (QED) is 0.719. The van der Waals surface area contributed by atoms with E-state index < -0.39 is 6.10 Å². The van der Waals surface area contributed by atoms with Crippen LogP contribution < -0.4 is 0 Å². The Hall–Kier alpha value is 0.0600. The van der Waals surface area contributed by atoms with Crippen molar-refractivity contribution in [3.05, 3.63) is 53.8 Å². The van der Waals surface area contributed by atoms with Crippen LogP contribution in [0.15, 0.2) is 31.8 Å². The summed E-state index contributed by atoms with van der Waals surface area (Å²) in [6, 6.07) is 5.99. The van der Waals surface area contributed by atoms with Crippen LogP contribution in [-0.2, 0) is 6.42 Å². The van der Waals surface area contributed by atoms with Gasteiger partial charge < -0.3 is 5.11 Å². The predicted octanol–water partition coefficient (Wildman–Crippen LogP) is 5.34. The molecule has 1 aromatic carbocycles. The van der Waals surface area contributed by atoms with Gasteiger partial charge in [-0.25, -0.2) is 4.39 Å². The monoisotopic (exact) mass is 412 g/mol. The maximum Gasteiger partial charge on any atom is 0.123 e. The Kier molecular flexibility index (Phi) is 4.83. The van der Waals surface area contributed by atoms with Crippen LogP contribution in [0.25, 0.3) is 0 Å². The minimum Gasteiger partial charge on any atom is -0.388 e. The van der Waals surface area contributed by atoms with Crippen molar-refractivity contribution < 1.29 is 9.50 Å². The van der Waals surface area contributed by atoms with Crippen LogP contribution in [0.2, 0.25) is 5.02 Å². The summed E-state index contributed by atoms with van der Waals surface area (Å²) in [7, 11) is 0. The third-order valence-corrected chi connectivity index (χ3v) is 5.22. The Labute approximate surface area is 130 Å². The Morgan fingerprint density at radius 2 is 2.06 bits per heavy atom. The standard InChI is InChI=1S/C12H8Br2ClFOS/c13-11-5-8(12(14)18-11)10(17)4-6-3-7(16)1-2-9(6)15/h1-3,5,10,17H,4H2. The molecule has 1 unspecified atom stereocenters. The second kappa shape index (κ2) is 6.01. The number of halogens is 4. The first-order valence-corrected chi connectivity index (χ1v) is 7.82. The van der Waals surface area contributed by atoms with Crippen molar-refractivity contribution in [1.82, 2.24) is 0 Å². The molecule has 1 nitrogen and oxygen atoms in total. The summed E-state index contributed by atoms with van der Waals surface area (Å²) in [5, 5.41) is 10.6. The van der Waals surface area contributed by atoms with Crippen molar-refractivity contribution >= 4 is 54.8 Å². The van der Waals surface area contributed by atoms with Crippen LogP contribution in [0.3, 0.4) is 0 Å². The van der Waals surface area contributed by atoms with Gasteiger partial charge in [0.2, 0.25) is 0 Å². The van der Waals surface area contributed by atoms with E-state index in [1.54, 1.807) is 0 Å². The number of thiophene rings is 1. The van der Waals surface area contributed by atoms with Gasteiger partial charge in [-0.1, -0.05) is 11.6 Å². The highest BCUT2D eigenvalue weighted by molar-refractivity contribution is 9.12. The third kappa shape index (κ3) is 3.33. The van der Waals surface area contributed by atoms with Crippen molar-refractivity contribution in [2.24, 2.45) is 0 Å². The van der Waals surface area contributed by atoms with E-state index in [1.807, 2.05) is 6.07 Å². The van der Waals surface area contributed by atoms with Gasteiger partial charge in [-0.2, -0.15) is 0 Å². The van der Waals surface area contributed by atoms with Crippen LogP contribution in [0, 0.1) is 5.82 Å². The number of aliphatic hydroxyl groups is 1. The Balaban J connectivity index is 2.23. The van der Waals surface area contributed by atoms with Crippen molar-refractivity contribution in [2.45, 2.75) is 12.5 Å². The third-order valence-electron chi connectivity index (χ3n) is 2.46. The van der Waals surface area contributed by atoms with Crippen molar-refractivity contribution in [1.29, 1.82) is 0 Å². The molecule has 1 N–H and O–H groups in total. The molecule has 0 aliphatic rings. The molecule has 0 radical (unpaired) electrons. The van der Waals surface area contributed by atoms with Gasteiger partial charge >= 0.3 is 0 Å². The van der Waals surface area contributed by atoms with Gasteiger partial charge in [0.05, 0.1) is 13.7 Å². The Morgan fingerprint density at radius 3 is 2.67 bits per heavy atom. The summed E-state index contributed by atoms with van der Waals surface area (Å²) in [5.74, 6) is -0.354. The van der Waals surface area contributed by atoms with Crippen LogP contribution in [0.4, 0.5) is 4.39 Å². The van der Waals surface area contributed by atoms with E-state index in [0.29, 0.717) is 10.6 Å². The largest absolute Gasteiger partial charge is 0.388 e. The van der Waals surface area contributed by atoms with Gasteiger partial charge in [0.1, 0.15) is 5.82 Å². The van der Waals surface area contributed by atoms with E-state index in [-0.39, 0.29) is 12.2 Å². The number of aliphatic hydroxyl groups excluding tert-OH is 1. The molecule has 0 aliphatic carbocycles. The van der Waals surface area contributed by atoms with Crippen LogP contribution in [-0.4, -0.2) is 5.11 Å². The molecule has 18 heavy (non-hydrogen) atoms. The van der Waals surface area contributed by atoms with E-state index in [1.165, 1.54) is 29.5 Å². The zero-order valence-corrected chi connectivity index (χ0v) is 13.7. The molecular formula is C12H8Br2ClFOS. The van der Waals surface area contributed by atoms with E-state index in [0.717, 1.165) is 13.1 Å². The van der Waals surface area contributed by atoms with Crippen LogP contribution >= 0.6 is 54.8 Å². The van der Waals surface area contributed by atoms with Crippen molar-refractivity contribution in [2.75, 3.05) is 0 Å². The van der Waals surface area contributed by atoms with Crippen molar-refractivity contribution in [3.8, 4) is 0 Å². The molecule has 96 valence electrons. The fourth-order valence-electron chi connectivity index (χ4n) is 1.60. The molecule has 0 saturated heterocycles. The van der Waals surface area contributed by atoms with Gasteiger partial charge in [-0.15, -0.1) is 11.3 Å². The van der Waals surface area contributed by atoms with Crippen LogP contribution in [0.5, 0.6) is 0 Å². The highest BCUT2D eigenvalue weighted by Gasteiger charge is 2.16. The molecule has 0 saturated carbocycles. The maximum atomic E-state index is 13.1. The molecule has 0 spiro atoms. The molecule has 0 amide bonds. The van der Waals surface area contributed by atoms with Gasteiger partial charge in [0.25, 0.3) is 0 Å². The molecule has 6 heteroatoms. The number of benzene rings is 1. The molecule has 2 aromatic rings. The van der Waals surface area contributed by atoms with E-state index in [4.69, 9.17) is 11.6 Å². The van der Waals surface area contributed by atoms with Crippen molar-refractivity contribution in [3.63, 3.8) is 0 Å². The summed E-state index contributed by atoms with van der Waals surface area (Å²) in [5.41, 5.74) is 1.37. The lowest BCUT2D eigenvalue weighted by Crippen LogP contribution is -2.02. The first-order valence-electron chi connectivity index (χ1n) is 5.04. The number of hydrogen-bond acceptors (Lipinski definition) is 2. The lowest BCUT2D eigenvalue weighted by molar-refractivity contribution is 0.178. The molecular weight excluding hydrogens is 406 g/mol. The predicted molar refractivity (Wildman–Crippen MR) is 79.8 cm³/mol. The zero-order valence-electron chi connectivity index (χ0n) is 8.96. The first-order chi connectivity index (χ1) is 8.47. The molecule has 1 aromatic heterocycles. The molecule has 0 bridgehead atoms. The Bertz CT molecular complexity index is 573. The summed E-state index contributed by atoms with van der Waals surface area (Å²) in [6.07, 6.45) is -0.445. The van der Waals surface area contributed by atoms with Gasteiger partial charge in [-0.05, 0) is 61.7 Å². The second-order valence-corrected chi connectivity index (χ2v) is 7.89. The van der Waals surface area contributed by atoms with E-state index >= 15 is 0 Å². The topological polar surface area (TPSA) is 20.2 Å². The SMILES string of the molecule is OC(Cc1cc(F)ccc1Cl)c1cc(Br)sc1Br. The van der Waals surface area contributed by atoms with Crippen LogP contribution in [0.1, 0.15) is 17.2 Å². The highest BCUT2D eigenvalue weighted by atomic mass is 79.9. The smallest absolute Gasteiger partial charge is 0.123 e. The maximum absolute atomic E-state index is 13.1. The minimum absolute atomic E-state index is 0.276. The summed E-state index contributed by atoms with van der Waals surface area (Å²) in [4.78, 5) is 0. The van der Waals surface area contributed by atoms with Gasteiger partial charge in [0, 0.05) is 17.0 Å². The fourth-order valence-corrected chi connectivity index (χ4v) is 4.75. The number of hydrogen-bond donors (Lipinski definition) is 1. The summed E-state index contributed by atoms with van der Waals surface area (Å²) >= 11 is 14.2. The average Bonchev–Trinajstić information content (AvgIpc) is 2.63. The first kappa shape index (κ1) is 14.5. The molecule has 1 heterocycles. The second-order valence-electron chi connectivity index (χ2n) is 3.74. The molecule has 2 rings (SSSR count). The van der Waals surface area contributed by atoms with Gasteiger partial charge in [0.15, 0.2) is 0 Å². The molecule has 0 aliphatic heterocycles. The lowest BCUT2D eigenvalue weighted by Gasteiger charge is -2.11. The lowest BCUT2D eigenvalue weighted by atomic mass is 10.0. The average molecular weight is 415 g/mol. The highest BCUT2D eigenvalue weighted by Crippen LogP contribution is 2.37. The Morgan fingerprint density at radius 1 is 1.33 bits per heavy atom. The summed E-state index contributed by atoms with van der Waals surface area (Å²) in [6.45, 7) is 0. The number of rotatable bonds is 3. The summed E-state index contributed by atoms with van der Waals surface area (Å²) < 4.78 is 14.9. The van der Waals surface area contributed by atoms with E-state index in [9.17, 15) is 9.50 Å². The molecule has 0 fully saturated rings.